The lowest BCUT2D eigenvalue weighted by atomic mass is 9.76. The van der Waals surface area contributed by atoms with Crippen molar-refractivity contribution in [3.8, 4) is 11.3 Å². The first-order chi connectivity index (χ1) is 15.8. The van der Waals surface area contributed by atoms with E-state index in [-0.39, 0.29) is 44.1 Å². The minimum atomic E-state index is -4.21. The number of amides is 1. The Morgan fingerprint density at radius 1 is 1.21 bits per heavy atom. The molecule has 1 N–H and O–H groups in total. The largest absolute Gasteiger partial charge is 0.391 e. The Balaban J connectivity index is 1.43. The number of nitrogens with one attached hydrogen (secondary N) is 1. The first-order valence-electron chi connectivity index (χ1n) is 11.0. The van der Waals surface area contributed by atoms with Gasteiger partial charge in [-0.2, -0.15) is 18.3 Å². The number of rotatable bonds is 5. The van der Waals surface area contributed by atoms with Crippen LogP contribution in [-0.4, -0.2) is 37.8 Å². The van der Waals surface area contributed by atoms with Gasteiger partial charge in [-0.3, -0.25) is 13.9 Å². The summed E-state index contributed by atoms with van der Waals surface area (Å²) in [6.07, 6.45) is 3.33. The van der Waals surface area contributed by atoms with Crippen LogP contribution in [0.3, 0.4) is 0 Å². The SMILES string of the molecule is [C-]#[N+]CC1(n2cc(-c3cccc4nc(NC(=O)C5CC5)cn34)cn2)CCC(C(F)(F)F)CC1. The molecule has 1 amide bonds. The summed E-state index contributed by atoms with van der Waals surface area (Å²) in [4.78, 5) is 20.1. The van der Waals surface area contributed by atoms with E-state index in [4.69, 9.17) is 6.57 Å². The first kappa shape index (κ1) is 21.5. The summed E-state index contributed by atoms with van der Waals surface area (Å²) < 4.78 is 43.0. The van der Waals surface area contributed by atoms with E-state index >= 15 is 0 Å². The smallest absolute Gasteiger partial charge is 0.314 e. The molecule has 0 bridgehead atoms. The molecule has 3 aromatic heterocycles. The Morgan fingerprint density at radius 2 is 1.97 bits per heavy atom. The third kappa shape index (κ3) is 4.08. The van der Waals surface area contributed by atoms with Gasteiger partial charge in [-0.1, -0.05) is 6.07 Å². The second-order valence-electron chi connectivity index (χ2n) is 9.06. The van der Waals surface area contributed by atoms with Crippen LogP contribution in [0.15, 0.2) is 36.8 Å². The van der Waals surface area contributed by atoms with Crippen LogP contribution < -0.4 is 5.32 Å². The number of hydrogen-bond acceptors (Lipinski definition) is 3. The van der Waals surface area contributed by atoms with E-state index in [9.17, 15) is 18.0 Å². The molecule has 3 heterocycles. The van der Waals surface area contributed by atoms with Crippen molar-refractivity contribution in [2.45, 2.75) is 50.2 Å². The number of anilines is 1. The van der Waals surface area contributed by atoms with E-state index in [1.165, 1.54) is 0 Å². The maximum atomic E-state index is 13.2. The van der Waals surface area contributed by atoms with E-state index in [2.05, 4.69) is 20.2 Å². The molecule has 7 nitrogen and oxygen atoms in total. The number of carbonyl (C=O) groups is 1. The van der Waals surface area contributed by atoms with Crippen LogP contribution in [0.2, 0.25) is 0 Å². The summed E-state index contributed by atoms with van der Waals surface area (Å²) >= 11 is 0. The van der Waals surface area contributed by atoms with Crippen LogP contribution in [0.5, 0.6) is 0 Å². The van der Waals surface area contributed by atoms with Gasteiger partial charge in [0.05, 0.1) is 24.0 Å². The van der Waals surface area contributed by atoms with Crippen molar-refractivity contribution in [2.75, 3.05) is 11.9 Å². The highest BCUT2D eigenvalue weighted by Gasteiger charge is 2.48. The number of fused-ring (bicyclic) bond motifs is 1. The highest BCUT2D eigenvalue weighted by molar-refractivity contribution is 5.93. The molecule has 0 atom stereocenters. The van der Waals surface area contributed by atoms with E-state index in [1.807, 2.05) is 22.6 Å². The fraction of sp³-hybridized carbons (Fsp3) is 0.478. The van der Waals surface area contributed by atoms with Crippen molar-refractivity contribution in [3.63, 3.8) is 0 Å². The molecule has 0 spiro atoms. The number of alkyl halides is 3. The maximum absolute atomic E-state index is 13.2. The number of hydrogen-bond donors (Lipinski definition) is 1. The monoisotopic (exact) mass is 456 g/mol. The summed E-state index contributed by atoms with van der Waals surface area (Å²) in [6.45, 7) is 7.46. The Bertz CT molecular complexity index is 1230. The Labute approximate surface area is 188 Å². The summed E-state index contributed by atoms with van der Waals surface area (Å²) in [5, 5.41) is 7.33. The van der Waals surface area contributed by atoms with E-state index in [0.717, 1.165) is 24.1 Å². The molecule has 0 aliphatic heterocycles. The second kappa shape index (κ2) is 7.90. The number of aromatic nitrogens is 4. The van der Waals surface area contributed by atoms with Crippen molar-refractivity contribution < 1.29 is 18.0 Å². The highest BCUT2D eigenvalue weighted by Crippen LogP contribution is 2.44. The summed E-state index contributed by atoms with van der Waals surface area (Å²) in [6, 6.07) is 5.58. The lowest BCUT2D eigenvalue weighted by molar-refractivity contribution is -0.186. The zero-order valence-corrected chi connectivity index (χ0v) is 17.8. The van der Waals surface area contributed by atoms with E-state index in [0.29, 0.717) is 11.5 Å². The molecule has 2 fully saturated rings. The predicted octanol–water partition coefficient (Wildman–Crippen LogP) is 4.91. The summed E-state index contributed by atoms with van der Waals surface area (Å²) in [7, 11) is 0. The van der Waals surface area contributed by atoms with Gasteiger partial charge in [-0.25, -0.2) is 11.6 Å². The standard InChI is InChI=1S/C23H23F3N6O/c1-27-14-22(9-7-17(8-10-22)23(24,25)26)32-12-16(11-28-32)18-3-2-4-20-29-19(13-31(18)20)30-21(33)15-5-6-15/h2-4,11-13,15,17H,5-10,14H2,(H,30,33). The molecule has 0 saturated heterocycles. The number of pyridine rings is 1. The van der Waals surface area contributed by atoms with Gasteiger partial charge >= 0.3 is 6.18 Å². The van der Waals surface area contributed by atoms with Gasteiger partial charge in [0.1, 0.15) is 11.2 Å². The molecule has 0 radical (unpaired) electrons. The average molecular weight is 456 g/mol. The molecule has 5 rings (SSSR count). The van der Waals surface area contributed by atoms with Crippen molar-refractivity contribution in [1.82, 2.24) is 19.2 Å². The summed E-state index contributed by atoms with van der Waals surface area (Å²) in [5.41, 5.74) is 1.47. The maximum Gasteiger partial charge on any atom is 0.391 e. The number of nitrogens with zero attached hydrogens (tertiary/aromatic N) is 5. The molecule has 2 aliphatic carbocycles. The van der Waals surface area contributed by atoms with Gasteiger partial charge in [0.2, 0.25) is 12.5 Å². The zero-order chi connectivity index (χ0) is 23.2. The fourth-order valence-corrected chi connectivity index (χ4v) is 4.68. The molecule has 33 heavy (non-hydrogen) atoms. The van der Waals surface area contributed by atoms with Gasteiger partial charge in [0, 0.05) is 17.7 Å². The Kier molecular flexibility index (Phi) is 5.15. The molecule has 3 aromatic rings. The van der Waals surface area contributed by atoms with Crippen molar-refractivity contribution in [1.29, 1.82) is 0 Å². The number of halogens is 3. The predicted molar refractivity (Wildman–Crippen MR) is 115 cm³/mol. The molecule has 172 valence electrons. The number of imidazole rings is 1. The molecular formula is C23H23F3N6O. The lowest BCUT2D eigenvalue weighted by Crippen LogP contribution is -2.43. The molecule has 0 unspecified atom stereocenters. The van der Waals surface area contributed by atoms with Gasteiger partial charge in [-0.05, 0) is 50.7 Å². The minimum absolute atomic E-state index is 0.00459. The molecular weight excluding hydrogens is 433 g/mol. The lowest BCUT2D eigenvalue weighted by Gasteiger charge is -2.37. The average Bonchev–Trinajstić information content (AvgIpc) is 3.36. The molecule has 2 saturated carbocycles. The Morgan fingerprint density at radius 3 is 2.64 bits per heavy atom. The minimum Gasteiger partial charge on any atom is -0.314 e. The Hall–Kier alpha value is -3.35. The fourth-order valence-electron chi connectivity index (χ4n) is 4.68. The number of carbonyl (C=O) groups excluding carboxylic acids is 1. The van der Waals surface area contributed by atoms with Crippen molar-refractivity contribution in [3.05, 3.63) is 48.2 Å². The third-order valence-electron chi connectivity index (χ3n) is 6.81. The second-order valence-corrected chi connectivity index (χ2v) is 9.06. The molecule has 2 aliphatic rings. The van der Waals surface area contributed by atoms with E-state index < -0.39 is 17.6 Å². The van der Waals surface area contributed by atoms with E-state index in [1.54, 1.807) is 23.3 Å². The van der Waals surface area contributed by atoms with Crippen LogP contribution in [0.4, 0.5) is 19.0 Å². The van der Waals surface area contributed by atoms with Crippen molar-refractivity contribution >= 4 is 17.4 Å². The van der Waals surface area contributed by atoms with Crippen LogP contribution in [0.1, 0.15) is 38.5 Å². The van der Waals surface area contributed by atoms with Crippen LogP contribution in [-0.2, 0) is 10.3 Å². The quantitative estimate of drug-likeness (QED) is 0.555. The zero-order valence-electron chi connectivity index (χ0n) is 17.8. The third-order valence-corrected chi connectivity index (χ3v) is 6.81. The first-order valence-corrected chi connectivity index (χ1v) is 11.0. The normalized spacial score (nSPS) is 23.4. The van der Waals surface area contributed by atoms with Gasteiger partial charge in [0.15, 0.2) is 5.82 Å². The summed E-state index contributed by atoms with van der Waals surface area (Å²) in [5.74, 6) is -0.807. The van der Waals surface area contributed by atoms with Crippen LogP contribution >= 0.6 is 0 Å². The molecule has 0 aromatic carbocycles. The van der Waals surface area contributed by atoms with Gasteiger partial charge < -0.3 is 10.2 Å². The van der Waals surface area contributed by atoms with Gasteiger partial charge in [0.25, 0.3) is 0 Å². The molecule has 10 heteroatoms. The van der Waals surface area contributed by atoms with Crippen molar-refractivity contribution in [2.24, 2.45) is 11.8 Å². The topological polar surface area (TPSA) is 68.6 Å². The highest BCUT2D eigenvalue weighted by atomic mass is 19.4. The van der Waals surface area contributed by atoms with Crippen LogP contribution in [0, 0.1) is 18.4 Å². The van der Waals surface area contributed by atoms with Gasteiger partial charge in [-0.15, -0.1) is 0 Å². The van der Waals surface area contributed by atoms with Crippen LogP contribution in [0.25, 0.3) is 21.7 Å².